The molecule has 3 heterocycles. The Morgan fingerprint density at radius 1 is 1.43 bits per heavy atom. The first-order chi connectivity index (χ1) is 11.2. The number of amides is 1. The number of aryl methyl sites for hydroxylation is 1. The van der Waals surface area contributed by atoms with Crippen LogP contribution in [0.1, 0.15) is 21.9 Å². The monoisotopic (exact) mass is 313 g/mol. The van der Waals surface area contributed by atoms with Crippen molar-refractivity contribution in [3.05, 3.63) is 47.8 Å². The molecule has 0 bridgehead atoms. The molecule has 1 aliphatic heterocycles. The molecular formula is C16H19N5O2. The molecule has 0 saturated carbocycles. The van der Waals surface area contributed by atoms with E-state index in [4.69, 9.17) is 4.74 Å². The minimum Gasteiger partial charge on any atom is -0.379 e. The highest BCUT2D eigenvalue weighted by Crippen LogP contribution is 2.14. The normalized spacial score (nSPS) is 18.5. The van der Waals surface area contributed by atoms with E-state index in [0.29, 0.717) is 32.0 Å². The van der Waals surface area contributed by atoms with Gasteiger partial charge in [0.1, 0.15) is 6.33 Å². The largest absolute Gasteiger partial charge is 0.379 e. The molecule has 1 amide bonds. The van der Waals surface area contributed by atoms with E-state index in [1.807, 2.05) is 13.0 Å². The Bertz CT molecular complexity index is 665. The molecular weight excluding hydrogens is 294 g/mol. The van der Waals surface area contributed by atoms with Gasteiger partial charge in [0.2, 0.25) is 0 Å². The summed E-state index contributed by atoms with van der Waals surface area (Å²) in [6.07, 6.45) is 3.89. The van der Waals surface area contributed by atoms with Crippen LogP contribution in [0.2, 0.25) is 0 Å². The fourth-order valence-electron chi connectivity index (χ4n) is 2.68. The average Bonchev–Trinajstić information content (AvgIpc) is 2.80. The summed E-state index contributed by atoms with van der Waals surface area (Å²) < 4.78 is 5.65. The number of aromatic nitrogens is 4. The van der Waals surface area contributed by atoms with Crippen molar-refractivity contribution in [2.45, 2.75) is 13.3 Å². The third-order valence-corrected chi connectivity index (χ3v) is 3.77. The van der Waals surface area contributed by atoms with Gasteiger partial charge < -0.3 is 9.64 Å². The molecule has 7 nitrogen and oxygen atoms in total. The summed E-state index contributed by atoms with van der Waals surface area (Å²) in [7, 11) is 0. The highest BCUT2D eigenvalue weighted by atomic mass is 16.5. The molecule has 0 aliphatic carbocycles. The van der Waals surface area contributed by atoms with Gasteiger partial charge in [0.25, 0.3) is 5.91 Å². The molecule has 1 aliphatic rings. The number of carbonyl (C=O) groups is 1. The van der Waals surface area contributed by atoms with Crippen molar-refractivity contribution in [1.82, 2.24) is 25.1 Å². The molecule has 0 spiro atoms. The predicted octanol–water partition coefficient (Wildman–Crippen LogP) is 0.906. The summed E-state index contributed by atoms with van der Waals surface area (Å²) in [6.45, 7) is 4.28. The Morgan fingerprint density at radius 3 is 3.13 bits per heavy atom. The SMILES string of the molecule is Cc1cc(C[C@@H]2COCCN(C(=O)c3cccnn3)C2)ncn1. The van der Waals surface area contributed by atoms with Gasteiger partial charge in [-0.25, -0.2) is 9.97 Å². The lowest BCUT2D eigenvalue weighted by Crippen LogP contribution is -2.37. The van der Waals surface area contributed by atoms with Gasteiger partial charge in [0.15, 0.2) is 5.69 Å². The van der Waals surface area contributed by atoms with Gasteiger partial charge in [0.05, 0.1) is 13.2 Å². The molecule has 0 unspecified atom stereocenters. The Labute approximate surface area is 134 Å². The van der Waals surface area contributed by atoms with Crippen LogP contribution in [-0.4, -0.2) is 57.3 Å². The minimum absolute atomic E-state index is 0.104. The first kappa shape index (κ1) is 15.5. The molecule has 1 atom stereocenters. The van der Waals surface area contributed by atoms with Gasteiger partial charge >= 0.3 is 0 Å². The maximum atomic E-state index is 12.5. The van der Waals surface area contributed by atoms with Crippen molar-refractivity contribution in [3.63, 3.8) is 0 Å². The molecule has 1 fully saturated rings. The lowest BCUT2D eigenvalue weighted by Gasteiger charge is -2.23. The number of carbonyl (C=O) groups excluding carboxylic acids is 1. The maximum absolute atomic E-state index is 12.5. The van der Waals surface area contributed by atoms with E-state index in [1.165, 1.54) is 0 Å². The van der Waals surface area contributed by atoms with Crippen molar-refractivity contribution >= 4 is 5.91 Å². The van der Waals surface area contributed by atoms with E-state index in [9.17, 15) is 4.79 Å². The summed E-state index contributed by atoms with van der Waals surface area (Å²) in [6, 6.07) is 5.37. The Morgan fingerprint density at radius 2 is 2.35 bits per heavy atom. The number of rotatable bonds is 3. The molecule has 0 N–H and O–H groups in total. The Kier molecular flexibility index (Phi) is 4.87. The zero-order valence-electron chi connectivity index (χ0n) is 13.1. The van der Waals surface area contributed by atoms with Crippen LogP contribution in [-0.2, 0) is 11.2 Å². The first-order valence-corrected chi connectivity index (χ1v) is 7.64. The van der Waals surface area contributed by atoms with Gasteiger partial charge in [-0.05, 0) is 31.5 Å². The van der Waals surface area contributed by atoms with Gasteiger partial charge in [-0.3, -0.25) is 4.79 Å². The quantitative estimate of drug-likeness (QED) is 0.837. The second kappa shape index (κ2) is 7.23. The highest BCUT2D eigenvalue weighted by Gasteiger charge is 2.24. The molecule has 23 heavy (non-hydrogen) atoms. The molecule has 2 aromatic heterocycles. The molecule has 120 valence electrons. The summed E-state index contributed by atoms with van der Waals surface area (Å²) in [4.78, 5) is 22.7. The van der Waals surface area contributed by atoms with Crippen molar-refractivity contribution in [3.8, 4) is 0 Å². The summed E-state index contributed by atoms with van der Waals surface area (Å²) in [5.41, 5.74) is 2.28. The summed E-state index contributed by atoms with van der Waals surface area (Å²) in [5.74, 6) is 0.0971. The standard InChI is InChI=1S/C16H19N5O2/c1-12-7-14(18-11-17-12)8-13-9-21(5-6-23-10-13)16(22)15-3-2-4-19-20-15/h2-4,7,11,13H,5-6,8-10H2,1H3/t13-/m0/s1. The Hall–Kier alpha value is -2.41. The smallest absolute Gasteiger partial charge is 0.274 e. The van der Waals surface area contributed by atoms with Crippen molar-refractivity contribution in [2.75, 3.05) is 26.3 Å². The summed E-state index contributed by atoms with van der Waals surface area (Å²) in [5, 5.41) is 7.68. The van der Waals surface area contributed by atoms with E-state index < -0.39 is 0 Å². The first-order valence-electron chi connectivity index (χ1n) is 7.64. The molecule has 1 saturated heterocycles. The molecule has 2 aromatic rings. The predicted molar refractivity (Wildman–Crippen MR) is 82.7 cm³/mol. The van der Waals surface area contributed by atoms with Crippen LogP contribution in [0.15, 0.2) is 30.7 Å². The lowest BCUT2D eigenvalue weighted by molar-refractivity contribution is 0.0730. The van der Waals surface area contributed by atoms with E-state index in [2.05, 4.69) is 20.2 Å². The van der Waals surface area contributed by atoms with Gasteiger partial charge in [-0.2, -0.15) is 5.10 Å². The average molecular weight is 313 g/mol. The van der Waals surface area contributed by atoms with Crippen LogP contribution in [0.5, 0.6) is 0 Å². The number of ether oxygens (including phenoxy) is 1. The van der Waals surface area contributed by atoms with E-state index in [-0.39, 0.29) is 11.8 Å². The van der Waals surface area contributed by atoms with Gasteiger partial charge in [0, 0.05) is 36.6 Å². The lowest BCUT2D eigenvalue weighted by atomic mass is 10.0. The third-order valence-electron chi connectivity index (χ3n) is 3.77. The van der Waals surface area contributed by atoms with Crippen molar-refractivity contribution in [1.29, 1.82) is 0 Å². The zero-order chi connectivity index (χ0) is 16.1. The molecule has 0 aromatic carbocycles. The van der Waals surface area contributed by atoms with Gasteiger partial charge in [-0.15, -0.1) is 5.10 Å². The number of hydrogen-bond acceptors (Lipinski definition) is 6. The molecule has 0 radical (unpaired) electrons. The van der Waals surface area contributed by atoms with Crippen molar-refractivity contribution < 1.29 is 9.53 Å². The number of hydrogen-bond donors (Lipinski definition) is 0. The summed E-state index contributed by atoms with van der Waals surface area (Å²) >= 11 is 0. The van der Waals surface area contributed by atoms with E-state index in [0.717, 1.165) is 17.8 Å². The Balaban J connectivity index is 1.70. The van der Waals surface area contributed by atoms with Crippen molar-refractivity contribution in [2.24, 2.45) is 5.92 Å². The fourth-order valence-corrected chi connectivity index (χ4v) is 2.68. The highest BCUT2D eigenvalue weighted by molar-refractivity contribution is 5.92. The van der Waals surface area contributed by atoms with Crippen LogP contribution in [0.4, 0.5) is 0 Å². The molecule has 7 heteroatoms. The second-order valence-corrected chi connectivity index (χ2v) is 5.66. The van der Waals surface area contributed by atoms with Crippen LogP contribution in [0, 0.1) is 12.8 Å². The second-order valence-electron chi connectivity index (χ2n) is 5.66. The van der Waals surface area contributed by atoms with Crippen LogP contribution >= 0.6 is 0 Å². The zero-order valence-corrected chi connectivity index (χ0v) is 13.1. The van der Waals surface area contributed by atoms with E-state index in [1.54, 1.807) is 29.6 Å². The molecule has 3 rings (SSSR count). The minimum atomic E-state index is -0.104. The topological polar surface area (TPSA) is 81.1 Å². The number of nitrogens with zero attached hydrogens (tertiary/aromatic N) is 5. The third kappa shape index (κ3) is 4.07. The van der Waals surface area contributed by atoms with Gasteiger partial charge in [-0.1, -0.05) is 0 Å². The van der Waals surface area contributed by atoms with E-state index >= 15 is 0 Å². The van der Waals surface area contributed by atoms with Crippen LogP contribution in [0.3, 0.4) is 0 Å². The van der Waals surface area contributed by atoms with Crippen LogP contribution in [0.25, 0.3) is 0 Å². The maximum Gasteiger partial charge on any atom is 0.274 e. The fraction of sp³-hybridized carbons (Fsp3) is 0.438. The van der Waals surface area contributed by atoms with Crippen LogP contribution < -0.4 is 0 Å².